The number of benzene rings is 4. The molecule has 1 atom stereocenters. The Hall–Kier alpha value is -4.76. The van der Waals surface area contributed by atoms with Gasteiger partial charge < -0.3 is 16.0 Å². The van der Waals surface area contributed by atoms with E-state index in [1.807, 2.05) is 0 Å². The van der Waals surface area contributed by atoms with Crippen molar-refractivity contribution in [1.82, 2.24) is 5.32 Å². The molecule has 4 aromatic rings. The molecule has 0 aliphatic rings. The molecule has 0 saturated carbocycles. The second-order valence-corrected chi connectivity index (χ2v) is 10.1. The summed E-state index contributed by atoms with van der Waals surface area (Å²) in [4.78, 5) is 39.4. The summed E-state index contributed by atoms with van der Waals surface area (Å²) in [6, 6.07) is 26.4. The van der Waals surface area contributed by atoms with Crippen molar-refractivity contribution in [3.8, 4) is 0 Å². The number of anilines is 2. The summed E-state index contributed by atoms with van der Waals surface area (Å²) in [5.41, 5.74) is 1.78. The number of carbonyl (C=O) groups is 3. The molecule has 6 nitrogen and oxygen atoms in total. The summed E-state index contributed by atoms with van der Waals surface area (Å²) in [5.74, 6) is -2.15. The average Bonchev–Trinajstić information content (AvgIpc) is 2.95. The van der Waals surface area contributed by atoms with Crippen LogP contribution in [0, 0.1) is 11.6 Å². The van der Waals surface area contributed by atoms with Crippen molar-refractivity contribution in [2.45, 2.75) is 17.1 Å². The van der Waals surface area contributed by atoms with Crippen LogP contribution in [0.3, 0.4) is 0 Å². The average molecular weight is 558 g/mol. The number of amides is 3. The molecule has 3 N–H and O–H groups in total. The Bertz CT molecular complexity index is 1530. The van der Waals surface area contributed by atoms with E-state index in [1.54, 1.807) is 61.5 Å². The Balaban J connectivity index is 1.47. The monoisotopic (exact) mass is 557 g/mol. The number of nitrogens with one attached hydrogen (secondary N) is 3. The van der Waals surface area contributed by atoms with Gasteiger partial charge >= 0.3 is 0 Å². The van der Waals surface area contributed by atoms with Crippen LogP contribution in [0.2, 0.25) is 0 Å². The highest BCUT2D eigenvalue weighted by Gasteiger charge is 2.17. The molecule has 202 valence electrons. The van der Waals surface area contributed by atoms with Crippen LogP contribution in [0.4, 0.5) is 20.2 Å². The molecule has 0 spiro atoms. The SMILES string of the molecule is CC(Sc1cccc(NC(=O)/C(=C/c2ccc(F)cc2)NC(=O)c2ccccc2)c1)C(=O)Nc1ccc(F)cc1. The maximum Gasteiger partial charge on any atom is 0.272 e. The van der Waals surface area contributed by atoms with E-state index in [4.69, 9.17) is 0 Å². The van der Waals surface area contributed by atoms with Crippen LogP contribution in [0.5, 0.6) is 0 Å². The van der Waals surface area contributed by atoms with Crippen molar-refractivity contribution >= 4 is 46.9 Å². The molecule has 0 saturated heterocycles. The normalized spacial score (nSPS) is 11.8. The first-order chi connectivity index (χ1) is 19.3. The molecule has 0 radical (unpaired) electrons. The smallest absolute Gasteiger partial charge is 0.272 e. The van der Waals surface area contributed by atoms with Gasteiger partial charge in [-0.2, -0.15) is 0 Å². The lowest BCUT2D eigenvalue weighted by molar-refractivity contribution is -0.115. The predicted octanol–water partition coefficient (Wildman–Crippen LogP) is 6.49. The van der Waals surface area contributed by atoms with Crippen LogP contribution in [-0.2, 0) is 9.59 Å². The van der Waals surface area contributed by atoms with Crippen molar-refractivity contribution in [1.29, 1.82) is 0 Å². The van der Waals surface area contributed by atoms with Crippen LogP contribution in [-0.4, -0.2) is 23.0 Å². The molecular weight excluding hydrogens is 532 g/mol. The Kier molecular flexibility index (Phi) is 9.43. The molecule has 9 heteroatoms. The summed E-state index contributed by atoms with van der Waals surface area (Å²) >= 11 is 1.28. The number of hydrogen-bond acceptors (Lipinski definition) is 4. The summed E-state index contributed by atoms with van der Waals surface area (Å²) in [5, 5.41) is 7.66. The fourth-order valence-corrected chi connectivity index (χ4v) is 4.47. The minimum absolute atomic E-state index is 0.0365. The zero-order valence-electron chi connectivity index (χ0n) is 21.4. The Morgan fingerprint density at radius 3 is 2.08 bits per heavy atom. The van der Waals surface area contributed by atoms with Gasteiger partial charge in [-0.3, -0.25) is 14.4 Å². The Labute approximate surface area is 234 Å². The second-order valence-electron chi connectivity index (χ2n) is 8.67. The van der Waals surface area contributed by atoms with Crippen molar-refractivity contribution in [2.24, 2.45) is 0 Å². The summed E-state index contributed by atoms with van der Waals surface area (Å²) in [7, 11) is 0. The zero-order chi connectivity index (χ0) is 28.5. The standard InChI is InChI=1S/C31H25F2N3O3S/c1-20(29(37)34-25-16-14-24(33)15-17-25)40-27-9-5-8-26(19-27)35-31(39)28(18-21-10-12-23(32)13-11-21)36-30(38)22-6-3-2-4-7-22/h2-20H,1H3,(H,34,37)(H,35,39)(H,36,38)/b28-18-. The maximum atomic E-state index is 13.4. The number of hydrogen-bond donors (Lipinski definition) is 3. The van der Waals surface area contributed by atoms with E-state index in [1.165, 1.54) is 66.4 Å². The van der Waals surface area contributed by atoms with Crippen LogP contribution in [0.25, 0.3) is 6.08 Å². The number of rotatable bonds is 9. The fraction of sp³-hybridized carbons (Fsp3) is 0.0645. The third-order valence-corrected chi connectivity index (χ3v) is 6.69. The third-order valence-electron chi connectivity index (χ3n) is 5.60. The van der Waals surface area contributed by atoms with E-state index >= 15 is 0 Å². The fourth-order valence-electron chi connectivity index (χ4n) is 3.55. The molecule has 4 aromatic carbocycles. The van der Waals surface area contributed by atoms with Crippen molar-refractivity contribution in [3.63, 3.8) is 0 Å². The molecule has 0 aliphatic carbocycles. The molecule has 3 amide bonds. The van der Waals surface area contributed by atoms with Gasteiger partial charge in [-0.05, 0) is 85.3 Å². The maximum absolute atomic E-state index is 13.4. The van der Waals surface area contributed by atoms with Crippen LogP contribution < -0.4 is 16.0 Å². The van der Waals surface area contributed by atoms with Gasteiger partial charge in [0, 0.05) is 21.8 Å². The summed E-state index contributed by atoms with van der Waals surface area (Å²) in [6.07, 6.45) is 1.45. The van der Waals surface area contributed by atoms with Crippen LogP contribution >= 0.6 is 11.8 Å². The minimum Gasteiger partial charge on any atom is -0.325 e. The van der Waals surface area contributed by atoms with E-state index in [0.717, 1.165) is 4.90 Å². The highest BCUT2D eigenvalue weighted by atomic mass is 32.2. The lowest BCUT2D eigenvalue weighted by atomic mass is 10.1. The van der Waals surface area contributed by atoms with E-state index in [0.29, 0.717) is 22.5 Å². The van der Waals surface area contributed by atoms with Crippen molar-refractivity contribution in [2.75, 3.05) is 10.6 Å². The number of carbonyl (C=O) groups excluding carboxylic acids is 3. The molecule has 0 aromatic heterocycles. The first kappa shape index (κ1) is 28.3. The van der Waals surface area contributed by atoms with E-state index < -0.39 is 28.7 Å². The predicted molar refractivity (Wildman–Crippen MR) is 154 cm³/mol. The van der Waals surface area contributed by atoms with Crippen LogP contribution in [0.1, 0.15) is 22.8 Å². The largest absolute Gasteiger partial charge is 0.325 e. The van der Waals surface area contributed by atoms with Gasteiger partial charge in [-0.1, -0.05) is 36.4 Å². The summed E-state index contributed by atoms with van der Waals surface area (Å²) in [6.45, 7) is 1.73. The van der Waals surface area contributed by atoms with E-state index in [2.05, 4.69) is 16.0 Å². The Morgan fingerprint density at radius 1 is 0.750 bits per heavy atom. The lowest BCUT2D eigenvalue weighted by Gasteiger charge is -2.14. The number of thioether (sulfide) groups is 1. The minimum atomic E-state index is -0.585. The quantitative estimate of drug-likeness (QED) is 0.162. The molecule has 40 heavy (non-hydrogen) atoms. The second kappa shape index (κ2) is 13.3. The molecule has 1 unspecified atom stereocenters. The highest BCUT2D eigenvalue weighted by Crippen LogP contribution is 2.27. The zero-order valence-corrected chi connectivity index (χ0v) is 22.2. The van der Waals surface area contributed by atoms with E-state index in [-0.39, 0.29) is 11.6 Å². The van der Waals surface area contributed by atoms with Gasteiger partial charge in [-0.15, -0.1) is 11.8 Å². The van der Waals surface area contributed by atoms with Gasteiger partial charge in [0.05, 0.1) is 5.25 Å². The Morgan fingerprint density at radius 2 is 1.40 bits per heavy atom. The van der Waals surface area contributed by atoms with E-state index in [9.17, 15) is 23.2 Å². The molecule has 0 bridgehead atoms. The molecular formula is C31H25F2N3O3S. The highest BCUT2D eigenvalue weighted by molar-refractivity contribution is 8.00. The third kappa shape index (κ3) is 8.12. The van der Waals surface area contributed by atoms with Gasteiger partial charge in [0.15, 0.2) is 0 Å². The topological polar surface area (TPSA) is 87.3 Å². The van der Waals surface area contributed by atoms with Gasteiger partial charge in [0.2, 0.25) is 5.91 Å². The van der Waals surface area contributed by atoms with Gasteiger partial charge in [0.1, 0.15) is 17.3 Å². The van der Waals surface area contributed by atoms with Gasteiger partial charge in [0.25, 0.3) is 11.8 Å². The molecule has 4 rings (SSSR count). The molecule has 0 fully saturated rings. The molecule has 0 heterocycles. The van der Waals surface area contributed by atoms with Gasteiger partial charge in [-0.25, -0.2) is 8.78 Å². The molecule has 0 aliphatic heterocycles. The lowest BCUT2D eigenvalue weighted by Crippen LogP contribution is -2.30. The summed E-state index contributed by atoms with van der Waals surface area (Å²) < 4.78 is 26.5. The van der Waals surface area contributed by atoms with Crippen LogP contribution in [0.15, 0.2) is 114 Å². The first-order valence-corrected chi connectivity index (χ1v) is 13.1. The van der Waals surface area contributed by atoms with Crippen molar-refractivity contribution < 1.29 is 23.2 Å². The first-order valence-electron chi connectivity index (χ1n) is 12.2. The number of halogens is 2. The van der Waals surface area contributed by atoms with Crippen molar-refractivity contribution in [3.05, 3.63) is 132 Å².